The number of carbonyl (C=O) groups excluding carboxylic acids is 1. The Labute approximate surface area is 141 Å². The molecule has 0 radical (unpaired) electrons. The molecule has 0 aliphatic carbocycles. The third kappa shape index (κ3) is 4.10. The Bertz CT molecular complexity index is 716. The number of methoxy groups -OCH3 is 2. The van der Waals surface area contributed by atoms with Crippen molar-refractivity contribution in [1.29, 1.82) is 0 Å². The fraction of sp³-hybridized carbons (Fsp3) is 0.278. The van der Waals surface area contributed by atoms with Gasteiger partial charge in [-0.2, -0.15) is 0 Å². The van der Waals surface area contributed by atoms with Crippen LogP contribution < -0.4 is 25.3 Å². The Hall–Kier alpha value is -2.89. The van der Waals surface area contributed by atoms with Gasteiger partial charge in [0.1, 0.15) is 5.75 Å². The number of anilines is 2. The number of amides is 1. The van der Waals surface area contributed by atoms with Gasteiger partial charge in [-0.15, -0.1) is 0 Å². The molecule has 0 saturated carbocycles. The van der Waals surface area contributed by atoms with Crippen LogP contribution in [0.3, 0.4) is 0 Å². The summed E-state index contributed by atoms with van der Waals surface area (Å²) in [6.45, 7) is 2.60. The molecular formula is C18H22N2O4. The van der Waals surface area contributed by atoms with Crippen molar-refractivity contribution in [1.82, 2.24) is 0 Å². The highest BCUT2D eigenvalue weighted by Crippen LogP contribution is 2.30. The van der Waals surface area contributed by atoms with E-state index >= 15 is 0 Å². The second kappa shape index (κ2) is 8.10. The monoisotopic (exact) mass is 330 g/mol. The molecule has 2 rings (SSSR count). The average molecular weight is 330 g/mol. The third-order valence-corrected chi connectivity index (χ3v) is 3.38. The van der Waals surface area contributed by atoms with Crippen molar-refractivity contribution in [3.8, 4) is 17.2 Å². The van der Waals surface area contributed by atoms with Gasteiger partial charge < -0.3 is 25.3 Å². The van der Waals surface area contributed by atoms with Gasteiger partial charge in [0.2, 0.25) is 0 Å². The van der Waals surface area contributed by atoms with Gasteiger partial charge in [0.15, 0.2) is 11.5 Å². The summed E-state index contributed by atoms with van der Waals surface area (Å²) < 4.78 is 15.9. The van der Waals surface area contributed by atoms with Crippen LogP contribution in [-0.4, -0.2) is 26.7 Å². The van der Waals surface area contributed by atoms with Crippen molar-refractivity contribution in [2.45, 2.75) is 13.3 Å². The second-order valence-corrected chi connectivity index (χ2v) is 5.12. The van der Waals surface area contributed by atoms with Crippen molar-refractivity contribution < 1.29 is 19.0 Å². The number of ether oxygens (including phenoxy) is 3. The van der Waals surface area contributed by atoms with Crippen LogP contribution in [0.4, 0.5) is 11.4 Å². The third-order valence-electron chi connectivity index (χ3n) is 3.38. The number of hydrogen-bond donors (Lipinski definition) is 2. The molecule has 6 heteroatoms. The summed E-state index contributed by atoms with van der Waals surface area (Å²) in [5, 5.41) is 2.80. The lowest BCUT2D eigenvalue weighted by atomic mass is 10.1. The van der Waals surface area contributed by atoms with E-state index in [2.05, 4.69) is 5.32 Å². The Balaban J connectivity index is 2.13. The van der Waals surface area contributed by atoms with Crippen LogP contribution in [-0.2, 0) is 0 Å². The Kier molecular flexibility index (Phi) is 5.89. The van der Waals surface area contributed by atoms with Gasteiger partial charge in [0.25, 0.3) is 5.91 Å². The van der Waals surface area contributed by atoms with Gasteiger partial charge in [-0.25, -0.2) is 0 Å². The highest BCUT2D eigenvalue weighted by molar-refractivity contribution is 6.05. The molecule has 0 heterocycles. The summed E-state index contributed by atoms with van der Waals surface area (Å²) in [4.78, 5) is 12.4. The first-order valence-electron chi connectivity index (χ1n) is 7.64. The molecule has 2 aromatic rings. The molecule has 0 aliphatic heterocycles. The standard InChI is InChI=1S/C18H22N2O4/c1-4-9-24-15-7-5-12(10-14(15)19)18(21)20-13-6-8-16(22-2)17(11-13)23-3/h5-8,10-11H,4,9,19H2,1-3H3,(H,20,21). The van der Waals surface area contributed by atoms with Gasteiger partial charge in [-0.05, 0) is 36.8 Å². The van der Waals surface area contributed by atoms with Crippen LogP contribution in [0.5, 0.6) is 17.2 Å². The number of hydrogen-bond acceptors (Lipinski definition) is 5. The van der Waals surface area contributed by atoms with Crippen molar-refractivity contribution in [2.24, 2.45) is 0 Å². The number of nitrogens with two attached hydrogens (primary N) is 1. The first kappa shape index (κ1) is 17.5. The van der Waals surface area contributed by atoms with E-state index in [1.54, 1.807) is 50.6 Å². The van der Waals surface area contributed by atoms with Gasteiger partial charge in [-0.3, -0.25) is 4.79 Å². The highest BCUT2D eigenvalue weighted by atomic mass is 16.5. The second-order valence-electron chi connectivity index (χ2n) is 5.12. The molecule has 24 heavy (non-hydrogen) atoms. The minimum Gasteiger partial charge on any atom is -0.493 e. The molecule has 0 spiro atoms. The van der Waals surface area contributed by atoms with Crippen LogP contribution in [0.1, 0.15) is 23.7 Å². The van der Waals surface area contributed by atoms with E-state index in [-0.39, 0.29) is 5.91 Å². The smallest absolute Gasteiger partial charge is 0.255 e. The van der Waals surface area contributed by atoms with Crippen LogP contribution in [0.15, 0.2) is 36.4 Å². The van der Waals surface area contributed by atoms with Crippen LogP contribution >= 0.6 is 0 Å². The van der Waals surface area contributed by atoms with Crippen LogP contribution in [0, 0.1) is 0 Å². The lowest BCUT2D eigenvalue weighted by Gasteiger charge is -2.12. The fourth-order valence-electron chi connectivity index (χ4n) is 2.15. The Morgan fingerprint density at radius 2 is 1.75 bits per heavy atom. The van der Waals surface area contributed by atoms with Gasteiger partial charge in [0.05, 0.1) is 26.5 Å². The topological polar surface area (TPSA) is 82.8 Å². The molecule has 0 unspecified atom stereocenters. The number of rotatable bonds is 7. The number of carbonyl (C=O) groups is 1. The predicted molar refractivity (Wildman–Crippen MR) is 94.1 cm³/mol. The summed E-state index contributed by atoms with van der Waals surface area (Å²) in [5.41, 5.74) is 7.42. The quantitative estimate of drug-likeness (QED) is 0.761. The summed E-state index contributed by atoms with van der Waals surface area (Å²) in [7, 11) is 3.10. The molecule has 0 aliphatic rings. The summed E-state index contributed by atoms with van der Waals surface area (Å²) in [6, 6.07) is 10.1. The van der Waals surface area contributed by atoms with E-state index < -0.39 is 0 Å². The summed E-state index contributed by atoms with van der Waals surface area (Å²) >= 11 is 0. The first-order chi connectivity index (χ1) is 11.6. The maximum absolute atomic E-state index is 12.4. The Morgan fingerprint density at radius 3 is 2.38 bits per heavy atom. The largest absolute Gasteiger partial charge is 0.493 e. The molecule has 6 nitrogen and oxygen atoms in total. The zero-order chi connectivity index (χ0) is 17.5. The SMILES string of the molecule is CCCOc1ccc(C(=O)Nc2ccc(OC)c(OC)c2)cc1N. The Morgan fingerprint density at radius 1 is 1.04 bits per heavy atom. The molecule has 128 valence electrons. The number of nitrogens with one attached hydrogen (secondary N) is 1. The van der Waals surface area contributed by atoms with Crippen molar-refractivity contribution in [3.05, 3.63) is 42.0 Å². The molecule has 0 bridgehead atoms. The molecule has 1 amide bonds. The zero-order valence-corrected chi connectivity index (χ0v) is 14.1. The molecule has 0 aromatic heterocycles. The predicted octanol–water partition coefficient (Wildman–Crippen LogP) is 3.33. The number of nitrogen functional groups attached to an aromatic ring is 1. The lowest BCUT2D eigenvalue weighted by molar-refractivity contribution is 0.102. The minimum absolute atomic E-state index is 0.268. The lowest BCUT2D eigenvalue weighted by Crippen LogP contribution is -2.12. The molecule has 2 aromatic carbocycles. The zero-order valence-electron chi connectivity index (χ0n) is 14.1. The first-order valence-corrected chi connectivity index (χ1v) is 7.64. The summed E-state index contributed by atoms with van der Waals surface area (Å²) in [5.74, 6) is 1.45. The van der Waals surface area contributed by atoms with Crippen molar-refractivity contribution >= 4 is 17.3 Å². The minimum atomic E-state index is -0.268. The molecule has 0 fully saturated rings. The summed E-state index contributed by atoms with van der Waals surface area (Å²) in [6.07, 6.45) is 0.890. The van der Waals surface area contributed by atoms with E-state index in [0.717, 1.165) is 6.42 Å². The van der Waals surface area contributed by atoms with Gasteiger partial charge >= 0.3 is 0 Å². The van der Waals surface area contributed by atoms with Crippen molar-refractivity contribution in [3.63, 3.8) is 0 Å². The van der Waals surface area contributed by atoms with Crippen LogP contribution in [0.2, 0.25) is 0 Å². The molecular weight excluding hydrogens is 308 g/mol. The maximum Gasteiger partial charge on any atom is 0.255 e. The van der Waals surface area contributed by atoms with E-state index in [1.165, 1.54) is 0 Å². The normalized spacial score (nSPS) is 10.1. The van der Waals surface area contributed by atoms with E-state index in [9.17, 15) is 4.79 Å². The average Bonchev–Trinajstić information content (AvgIpc) is 2.60. The molecule has 0 saturated heterocycles. The van der Waals surface area contributed by atoms with E-state index in [0.29, 0.717) is 40.8 Å². The van der Waals surface area contributed by atoms with Crippen LogP contribution in [0.25, 0.3) is 0 Å². The van der Waals surface area contributed by atoms with E-state index in [1.807, 2.05) is 6.92 Å². The van der Waals surface area contributed by atoms with Gasteiger partial charge in [-0.1, -0.05) is 6.92 Å². The van der Waals surface area contributed by atoms with E-state index in [4.69, 9.17) is 19.9 Å². The van der Waals surface area contributed by atoms with Gasteiger partial charge in [0, 0.05) is 17.3 Å². The number of benzene rings is 2. The molecule has 3 N–H and O–H groups in total. The van der Waals surface area contributed by atoms with Crippen molar-refractivity contribution in [2.75, 3.05) is 31.9 Å². The molecule has 0 atom stereocenters. The highest BCUT2D eigenvalue weighted by Gasteiger charge is 2.11. The fourth-order valence-corrected chi connectivity index (χ4v) is 2.15. The maximum atomic E-state index is 12.4.